The molecular weight excluding hydrogens is 160 g/mol. The van der Waals surface area contributed by atoms with E-state index in [2.05, 4.69) is 18.3 Å². The lowest BCUT2D eigenvalue weighted by molar-refractivity contribution is 0.276. The number of nitrogens with one attached hydrogen (secondary N) is 1. The molecule has 0 aromatic rings. The molecule has 0 spiro atoms. The van der Waals surface area contributed by atoms with Gasteiger partial charge in [-0.3, -0.25) is 0 Å². The zero-order valence-corrected chi connectivity index (χ0v) is 8.55. The Morgan fingerprint density at radius 3 is 2.62 bits per heavy atom. The molecule has 1 rings (SSSR count). The van der Waals surface area contributed by atoms with E-state index >= 15 is 0 Å². The Morgan fingerprint density at radius 1 is 1.31 bits per heavy atom. The van der Waals surface area contributed by atoms with Gasteiger partial charge >= 0.3 is 0 Å². The Kier molecular flexibility index (Phi) is 4.85. The van der Waals surface area contributed by atoms with E-state index in [0.29, 0.717) is 6.54 Å². The third kappa shape index (κ3) is 4.28. The quantitative estimate of drug-likeness (QED) is 0.532. The Morgan fingerprint density at radius 2 is 2.00 bits per heavy atom. The van der Waals surface area contributed by atoms with Gasteiger partial charge in [-0.1, -0.05) is 32.6 Å². The highest BCUT2D eigenvalue weighted by molar-refractivity contribution is 4.74. The highest BCUT2D eigenvalue weighted by Crippen LogP contribution is 2.29. The van der Waals surface area contributed by atoms with Crippen LogP contribution in [0.2, 0.25) is 0 Å². The van der Waals surface area contributed by atoms with Crippen LogP contribution in [0.25, 0.3) is 0 Å². The van der Waals surface area contributed by atoms with E-state index in [0.717, 1.165) is 18.4 Å². The summed E-state index contributed by atoms with van der Waals surface area (Å²) in [6.45, 7) is 3.87. The fourth-order valence-corrected chi connectivity index (χ4v) is 2.07. The predicted molar refractivity (Wildman–Crippen MR) is 54.2 cm³/mol. The van der Waals surface area contributed by atoms with Gasteiger partial charge in [0.15, 0.2) is 0 Å². The first-order valence-corrected chi connectivity index (χ1v) is 5.40. The van der Waals surface area contributed by atoms with E-state index in [-0.39, 0.29) is 0 Å². The highest BCUT2D eigenvalue weighted by Gasteiger charge is 2.17. The zero-order valence-electron chi connectivity index (χ0n) is 8.55. The molecule has 0 heterocycles. The van der Waals surface area contributed by atoms with E-state index in [1.807, 2.05) is 0 Å². The van der Waals surface area contributed by atoms with Crippen molar-refractivity contribution in [1.29, 1.82) is 5.26 Å². The van der Waals surface area contributed by atoms with Crippen LogP contribution < -0.4 is 5.32 Å². The Labute approximate surface area is 81.3 Å². The van der Waals surface area contributed by atoms with Crippen LogP contribution in [0, 0.1) is 23.2 Å². The lowest BCUT2D eigenvalue weighted by Crippen LogP contribution is -2.20. The van der Waals surface area contributed by atoms with Gasteiger partial charge in [-0.05, 0) is 24.8 Å². The van der Waals surface area contributed by atoms with Gasteiger partial charge in [-0.15, -0.1) is 0 Å². The molecule has 0 atom stereocenters. The molecule has 1 aliphatic carbocycles. The van der Waals surface area contributed by atoms with Gasteiger partial charge < -0.3 is 5.32 Å². The molecule has 0 aromatic heterocycles. The maximum Gasteiger partial charge on any atom is 0.0840 e. The number of nitriles is 1. The SMILES string of the molecule is CC1CCC(CCNCC#N)CC1. The van der Waals surface area contributed by atoms with E-state index in [4.69, 9.17) is 5.26 Å². The number of hydrogen-bond acceptors (Lipinski definition) is 2. The van der Waals surface area contributed by atoms with Crippen LogP contribution in [0.4, 0.5) is 0 Å². The van der Waals surface area contributed by atoms with Crippen molar-refractivity contribution in [3.05, 3.63) is 0 Å². The molecule has 1 fully saturated rings. The van der Waals surface area contributed by atoms with Crippen LogP contribution in [-0.2, 0) is 0 Å². The minimum Gasteiger partial charge on any atom is -0.304 e. The van der Waals surface area contributed by atoms with Crippen molar-refractivity contribution in [2.45, 2.75) is 39.0 Å². The van der Waals surface area contributed by atoms with Crippen LogP contribution in [-0.4, -0.2) is 13.1 Å². The number of nitrogens with zero attached hydrogens (tertiary/aromatic N) is 1. The smallest absolute Gasteiger partial charge is 0.0840 e. The van der Waals surface area contributed by atoms with Crippen LogP contribution in [0.1, 0.15) is 39.0 Å². The summed E-state index contributed by atoms with van der Waals surface area (Å²) < 4.78 is 0. The van der Waals surface area contributed by atoms with Crippen LogP contribution in [0.15, 0.2) is 0 Å². The van der Waals surface area contributed by atoms with Gasteiger partial charge in [0, 0.05) is 0 Å². The maximum absolute atomic E-state index is 8.33. The van der Waals surface area contributed by atoms with Crippen molar-refractivity contribution < 1.29 is 0 Å². The molecule has 0 amide bonds. The molecule has 0 aromatic carbocycles. The van der Waals surface area contributed by atoms with Crippen molar-refractivity contribution in [1.82, 2.24) is 5.32 Å². The predicted octanol–water partition coefficient (Wildman–Crippen LogP) is 2.32. The second-order valence-corrected chi connectivity index (χ2v) is 4.25. The minimum absolute atomic E-state index is 0.503. The van der Waals surface area contributed by atoms with Gasteiger partial charge in [-0.2, -0.15) is 5.26 Å². The first-order valence-electron chi connectivity index (χ1n) is 5.40. The topological polar surface area (TPSA) is 35.8 Å². The van der Waals surface area contributed by atoms with E-state index < -0.39 is 0 Å². The lowest BCUT2D eigenvalue weighted by Gasteiger charge is -2.25. The second kappa shape index (κ2) is 5.99. The highest BCUT2D eigenvalue weighted by atomic mass is 14.8. The largest absolute Gasteiger partial charge is 0.304 e. The lowest BCUT2D eigenvalue weighted by atomic mass is 9.81. The van der Waals surface area contributed by atoms with Crippen molar-refractivity contribution in [2.75, 3.05) is 13.1 Å². The van der Waals surface area contributed by atoms with Crippen molar-refractivity contribution in [3.63, 3.8) is 0 Å². The third-order valence-corrected chi connectivity index (χ3v) is 3.07. The Hall–Kier alpha value is -0.550. The number of hydrogen-bond donors (Lipinski definition) is 1. The minimum atomic E-state index is 0.503. The molecule has 0 bridgehead atoms. The molecular formula is C11H20N2. The average Bonchev–Trinajstić information content (AvgIpc) is 2.15. The first kappa shape index (κ1) is 10.5. The van der Waals surface area contributed by atoms with Gasteiger partial charge in [0.2, 0.25) is 0 Å². The molecule has 2 heteroatoms. The van der Waals surface area contributed by atoms with Crippen LogP contribution in [0.3, 0.4) is 0 Å². The van der Waals surface area contributed by atoms with Crippen LogP contribution in [0.5, 0.6) is 0 Å². The summed E-state index contributed by atoms with van der Waals surface area (Å²) in [5, 5.41) is 11.5. The van der Waals surface area contributed by atoms with E-state index in [1.165, 1.54) is 32.1 Å². The zero-order chi connectivity index (χ0) is 9.52. The molecule has 0 radical (unpaired) electrons. The first-order chi connectivity index (χ1) is 6.33. The molecule has 1 saturated carbocycles. The molecule has 0 aliphatic heterocycles. The summed E-state index contributed by atoms with van der Waals surface area (Å²) in [6.07, 6.45) is 6.87. The summed E-state index contributed by atoms with van der Waals surface area (Å²) in [5.74, 6) is 1.87. The fraction of sp³-hybridized carbons (Fsp3) is 0.909. The van der Waals surface area contributed by atoms with Crippen LogP contribution >= 0.6 is 0 Å². The average molecular weight is 180 g/mol. The molecule has 0 saturated heterocycles. The summed E-state index contributed by atoms with van der Waals surface area (Å²) in [6, 6.07) is 2.10. The Balaban J connectivity index is 2.00. The molecule has 74 valence electrons. The monoisotopic (exact) mass is 180 g/mol. The summed E-state index contributed by atoms with van der Waals surface area (Å²) >= 11 is 0. The van der Waals surface area contributed by atoms with Crippen molar-refractivity contribution in [3.8, 4) is 6.07 Å². The van der Waals surface area contributed by atoms with Gasteiger partial charge in [0.1, 0.15) is 0 Å². The van der Waals surface area contributed by atoms with Gasteiger partial charge in [-0.25, -0.2) is 0 Å². The summed E-state index contributed by atoms with van der Waals surface area (Å²) in [5.41, 5.74) is 0. The van der Waals surface area contributed by atoms with E-state index in [1.54, 1.807) is 0 Å². The standard InChI is InChI=1S/C11H20N2/c1-10-2-4-11(5-3-10)6-8-13-9-7-12/h10-11,13H,2-6,8-9H2,1H3. The summed E-state index contributed by atoms with van der Waals surface area (Å²) in [4.78, 5) is 0. The molecule has 1 aliphatic rings. The Bertz CT molecular complexity index is 163. The molecule has 13 heavy (non-hydrogen) atoms. The van der Waals surface area contributed by atoms with E-state index in [9.17, 15) is 0 Å². The molecule has 0 unspecified atom stereocenters. The van der Waals surface area contributed by atoms with Gasteiger partial charge in [0.05, 0.1) is 12.6 Å². The molecule has 2 nitrogen and oxygen atoms in total. The maximum atomic E-state index is 8.33. The normalized spacial score (nSPS) is 28.3. The van der Waals surface area contributed by atoms with Gasteiger partial charge in [0.25, 0.3) is 0 Å². The summed E-state index contributed by atoms with van der Waals surface area (Å²) in [7, 11) is 0. The van der Waals surface area contributed by atoms with Crippen molar-refractivity contribution in [2.24, 2.45) is 11.8 Å². The third-order valence-electron chi connectivity index (χ3n) is 3.07. The number of rotatable bonds is 4. The molecule has 1 N–H and O–H groups in total. The second-order valence-electron chi connectivity index (χ2n) is 4.25. The fourth-order valence-electron chi connectivity index (χ4n) is 2.07. The van der Waals surface area contributed by atoms with Crippen molar-refractivity contribution >= 4 is 0 Å².